The van der Waals surface area contributed by atoms with Crippen LogP contribution < -0.4 is 9.47 Å². The van der Waals surface area contributed by atoms with Crippen LogP contribution in [0, 0.1) is 0 Å². The molecule has 1 N–H and O–H groups in total. The van der Waals surface area contributed by atoms with Crippen LogP contribution in [0.3, 0.4) is 0 Å². The van der Waals surface area contributed by atoms with Gasteiger partial charge in [0.05, 0.1) is 6.61 Å². The molecule has 0 aliphatic carbocycles. The number of ether oxygens (including phenoxy) is 2. The highest BCUT2D eigenvalue weighted by Crippen LogP contribution is 2.27. The van der Waals surface area contributed by atoms with Gasteiger partial charge in [-0.15, -0.1) is 0 Å². The van der Waals surface area contributed by atoms with Crippen LogP contribution in [0.25, 0.3) is 0 Å². The minimum atomic E-state index is -0.995. The summed E-state index contributed by atoms with van der Waals surface area (Å²) in [5, 5.41) is 8.74. The minimum Gasteiger partial charge on any atom is -0.490 e. The van der Waals surface area contributed by atoms with E-state index in [9.17, 15) is 4.79 Å². The summed E-state index contributed by atoms with van der Waals surface area (Å²) in [6.45, 7) is 4.07. The van der Waals surface area contributed by atoms with E-state index >= 15 is 0 Å². The number of carboxylic acid groups (broad SMARTS) is 1. The highest BCUT2D eigenvalue weighted by atomic mass is 16.5. The van der Waals surface area contributed by atoms with Gasteiger partial charge in [0.1, 0.15) is 0 Å². The van der Waals surface area contributed by atoms with Crippen LogP contribution in [0.4, 0.5) is 0 Å². The van der Waals surface area contributed by atoms with E-state index in [1.165, 1.54) is 6.92 Å². The summed E-state index contributed by atoms with van der Waals surface area (Å²) in [5.41, 5.74) is 0. The number of carbonyl (C=O) groups is 1. The van der Waals surface area contributed by atoms with E-state index in [0.717, 1.165) is 6.42 Å². The van der Waals surface area contributed by atoms with Crippen LogP contribution >= 0.6 is 0 Å². The summed E-state index contributed by atoms with van der Waals surface area (Å²) in [4.78, 5) is 10.7. The third-order valence-electron chi connectivity index (χ3n) is 1.96. The fraction of sp³-hybridized carbons (Fsp3) is 0.417. The molecule has 0 aromatic heterocycles. The number of rotatable bonds is 6. The van der Waals surface area contributed by atoms with Crippen molar-refractivity contribution in [1.82, 2.24) is 0 Å². The van der Waals surface area contributed by atoms with Crippen LogP contribution in [0.2, 0.25) is 0 Å². The van der Waals surface area contributed by atoms with Crippen molar-refractivity contribution in [3.05, 3.63) is 24.3 Å². The first-order valence-corrected chi connectivity index (χ1v) is 5.26. The maximum absolute atomic E-state index is 10.7. The predicted octanol–water partition coefficient (Wildman–Crippen LogP) is 2.33. The quantitative estimate of drug-likeness (QED) is 0.805. The van der Waals surface area contributed by atoms with Gasteiger partial charge >= 0.3 is 5.97 Å². The maximum Gasteiger partial charge on any atom is 0.344 e. The molecular formula is C12H16O4. The second kappa shape index (κ2) is 6.00. The van der Waals surface area contributed by atoms with Crippen LogP contribution in [-0.2, 0) is 4.79 Å². The lowest BCUT2D eigenvalue weighted by molar-refractivity contribution is -0.144. The molecule has 1 atom stereocenters. The first-order chi connectivity index (χ1) is 7.65. The van der Waals surface area contributed by atoms with Crippen molar-refractivity contribution in [2.75, 3.05) is 6.61 Å². The highest BCUT2D eigenvalue weighted by molar-refractivity contribution is 5.72. The number of para-hydroxylation sites is 2. The number of benzene rings is 1. The molecule has 4 heteroatoms. The van der Waals surface area contributed by atoms with Gasteiger partial charge in [0.15, 0.2) is 17.6 Å². The number of aliphatic carboxylic acids is 1. The molecule has 16 heavy (non-hydrogen) atoms. The first kappa shape index (κ1) is 12.4. The smallest absolute Gasteiger partial charge is 0.344 e. The van der Waals surface area contributed by atoms with E-state index < -0.39 is 12.1 Å². The topological polar surface area (TPSA) is 55.8 Å². The summed E-state index contributed by atoms with van der Waals surface area (Å²) in [7, 11) is 0. The molecule has 0 fully saturated rings. The van der Waals surface area contributed by atoms with Gasteiger partial charge in [-0.1, -0.05) is 19.1 Å². The monoisotopic (exact) mass is 224 g/mol. The summed E-state index contributed by atoms with van der Waals surface area (Å²) < 4.78 is 10.7. The molecule has 0 saturated carbocycles. The molecule has 1 rings (SSSR count). The van der Waals surface area contributed by atoms with Crippen molar-refractivity contribution in [3.8, 4) is 11.5 Å². The lowest BCUT2D eigenvalue weighted by Crippen LogP contribution is -2.23. The fourth-order valence-corrected chi connectivity index (χ4v) is 1.12. The Balaban J connectivity index is 2.74. The van der Waals surface area contributed by atoms with Gasteiger partial charge in [0, 0.05) is 0 Å². The molecule has 4 nitrogen and oxygen atoms in total. The number of hydrogen-bond acceptors (Lipinski definition) is 3. The van der Waals surface area contributed by atoms with Crippen molar-refractivity contribution in [2.45, 2.75) is 26.4 Å². The third kappa shape index (κ3) is 3.46. The van der Waals surface area contributed by atoms with E-state index in [-0.39, 0.29) is 0 Å². The van der Waals surface area contributed by atoms with Crippen molar-refractivity contribution >= 4 is 5.97 Å². The molecule has 88 valence electrons. The Morgan fingerprint density at radius 1 is 1.38 bits per heavy atom. The molecular weight excluding hydrogens is 208 g/mol. The zero-order chi connectivity index (χ0) is 12.0. The Morgan fingerprint density at radius 3 is 2.56 bits per heavy atom. The van der Waals surface area contributed by atoms with Gasteiger partial charge in [-0.3, -0.25) is 0 Å². The Kier molecular flexibility index (Phi) is 4.64. The maximum atomic E-state index is 10.7. The molecule has 0 aliphatic rings. The normalized spacial score (nSPS) is 11.9. The van der Waals surface area contributed by atoms with Crippen molar-refractivity contribution in [1.29, 1.82) is 0 Å². The van der Waals surface area contributed by atoms with Gasteiger partial charge in [-0.2, -0.15) is 0 Å². The second-order valence-corrected chi connectivity index (χ2v) is 3.39. The van der Waals surface area contributed by atoms with E-state index in [0.29, 0.717) is 18.1 Å². The molecule has 0 spiro atoms. The number of hydrogen-bond donors (Lipinski definition) is 1. The molecule has 0 radical (unpaired) electrons. The number of carboxylic acids is 1. The largest absolute Gasteiger partial charge is 0.490 e. The summed E-state index contributed by atoms with van der Waals surface area (Å²) in [6, 6.07) is 7.07. The average molecular weight is 224 g/mol. The average Bonchev–Trinajstić information content (AvgIpc) is 2.27. The second-order valence-electron chi connectivity index (χ2n) is 3.39. The minimum absolute atomic E-state index is 0.464. The van der Waals surface area contributed by atoms with Gasteiger partial charge in [0.25, 0.3) is 0 Å². The standard InChI is InChI=1S/C12H16O4/c1-3-8-15-10-6-4-5-7-11(10)16-9(2)12(13)14/h4-7,9H,3,8H2,1-2H3,(H,13,14)/t9-/m1/s1. The predicted molar refractivity (Wildman–Crippen MR) is 60.0 cm³/mol. The molecule has 0 aliphatic heterocycles. The fourth-order valence-electron chi connectivity index (χ4n) is 1.12. The molecule has 1 aromatic rings. The Hall–Kier alpha value is -1.71. The summed E-state index contributed by atoms with van der Waals surface area (Å²) >= 11 is 0. The molecule has 0 amide bonds. The highest BCUT2D eigenvalue weighted by Gasteiger charge is 2.14. The van der Waals surface area contributed by atoms with Gasteiger partial charge in [-0.05, 0) is 25.5 Å². The molecule has 0 saturated heterocycles. The van der Waals surface area contributed by atoms with Gasteiger partial charge in [-0.25, -0.2) is 4.79 Å². The van der Waals surface area contributed by atoms with Crippen LogP contribution in [0.15, 0.2) is 24.3 Å². The Bertz CT molecular complexity index is 349. The third-order valence-corrected chi connectivity index (χ3v) is 1.96. The SMILES string of the molecule is CCCOc1ccccc1O[C@H](C)C(=O)O. The molecule has 1 aromatic carbocycles. The van der Waals surface area contributed by atoms with E-state index in [4.69, 9.17) is 14.6 Å². The summed E-state index contributed by atoms with van der Waals surface area (Å²) in [5.74, 6) is 0.0496. The molecule has 0 unspecified atom stereocenters. The lowest BCUT2D eigenvalue weighted by Gasteiger charge is -2.14. The van der Waals surface area contributed by atoms with Crippen molar-refractivity contribution in [2.24, 2.45) is 0 Å². The van der Waals surface area contributed by atoms with E-state index in [1.807, 2.05) is 13.0 Å². The van der Waals surface area contributed by atoms with Crippen LogP contribution in [0.1, 0.15) is 20.3 Å². The van der Waals surface area contributed by atoms with Gasteiger partial charge in [0.2, 0.25) is 0 Å². The zero-order valence-corrected chi connectivity index (χ0v) is 9.47. The molecule has 0 heterocycles. The van der Waals surface area contributed by atoms with Crippen LogP contribution in [-0.4, -0.2) is 23.8 Å². The molecule has 0 bridgehead atoms. The lowest BCUT2D eigenvalue weighted by atomic mass is 10.3. The van der Waals surface area contributed by atoms with Crippen molar-refractivity contribution in [3.63, 3.8) is 0 Å². The zero-order valence-electron chi connectivity index (χ0n) is 9.47. The van der Waals surface area contributed by atoms with E-state index in [1.54, 1.807) is 18.2 Å². The van der Waals surface area contributed by atoms with Crippen molar-refractivity contribution < 1.29 is 19.4 Å². The Morgan fingerprint density at radius 2 is 2.00 bits per heavy atom. The summed E-state index contributed by atoms with van der Waals surface area (Å²) in [6.07, 6.45) is 0.00870. The van der Waals surface area contributed by atoms with Gasteiger partial charge < -0.3 is 14.6 Å². The Labute approximate surface area is 94.8 Å². The van der Waals surface area contributed by atoms with E-state index in [2.05, 4.69) is 0 Å². The first-order valence-electron chi connectivity index (χ1n) is 5.26. The van der Waals surface area contributed by atoms with Crippen LogP contribution in [0.5, 0.6) is 11.5 Å².